The Morgan fingerprint density at radius 3 is 3.21 bits per heavy atom. The third-order valence-corrected chi connectivity index (χ3v) is 3.55. The quantitative estimate of drug-likeness (QED) is 0.542. The number of nitrogens with one attached hydrogen (secondary N) is 2. The van der Waals surface area contributed by atoms with Crippen molar-refractivity contribution in [3.05, 3.63) is 23.8 Å². The number of phenols is 1. The third-order valence-electron chi connectivity index (χ3n) is 3.55. The molecule has 3 rings (SSSR count). The fourth-order valence-electron chi connectivity index (χ4n) is 2.63. The lowest BCUT2D eigenvalue weighted by molar-refractivity contribution is 0.452. The zero-order chi connectivity index (χ0) is 9.76. The minimum absolute atomic E-state index is 0.147. The Morgan fingerprint density at radius 2 is 2.36 bits per heavy atom. The Kier molecular flexibility index (Phi) is 1.40. The van der Waals surface area contributed by atoms with E-state index in [4.69, 9.17) is 0 Å². The molecule has 0 aliphatic carbocycles. The minimum atomic E-state index is 0.147. The molecule has 1 fully saturated rings. The molecule has 2 aliphatic heterocycles. The van der Waals surface area contributed by atoms with Crippen LogP contribution in [-0.4, -0.2) is 17.8 Å². The van der Waals surface area contributed by atoms with E-state index in [1.807, 2.05) is 12.1 Å². The molecule has 0 amide bonds. The Labute approximate surface area is 83.1 Å². The summed E-state index contributed by atoms with van der Waals surface area (Å²) in [5.74, 6) is 0.360. The first kappa shape index (κ1) is 8.12. The van der Waals surface area contributed by atoms with Crippen molar-refractivity contribution in [2.45, 2.75) is 24.9 Å². The molecule has 3 N–H and O–H groups in total. The third kappa shape index (κ3) is 0.852. The highest BCUT2D eigenvalue weighted by atomic mass is 16.3. The summed E-state index contributed by atoms with van der Waals surface area (Å²) in [6, 6.07) is 5.57. The van der Waals surface area contributed by atoms with E-state index in [1.54, 1.807) is 6.07 Å². The van der Waals surface area contributed by atoms with Gasteiger partial charge in [-0.1, -0.05) is 6.92 Å². The van der Waals surface area contributed by atoms with Gasteiger partial charge in [0.15, 0.2) is 0 Å². The molecule has 0 radical (unpaired) electrons. The molecule has 1 aromatic rings. The molecule has 0 saturated carbocycles. The van der Waals surface area contributed by atoms with Gasteiger partial charge >= 0.3 is 0 Å². The van der Waals surface area contributed by atoms with E-state index in [9.17, 15) is 5.11 Å². The second-order valence-corrected chi connectivity index (χ2v) is 4.43. The summed E-state index contributed by atoms with van der Waals surface area (Å²) in [5, 5.41) is 16.4. The summed E-state index contributed by atoms with van der Waals surface area (Å²) in [6.07, 6.45) is 1.46. The Balaban J connectivity index is 2.17. The SMILES string of the molecule is CC12CCNC1Nc1ccc(O)cc12. The number of benzene rings is 1. The van der Waals surface area contributed by atoms with Crippen LogP contribution in [0.5, 0.6) is 5.75 Å². The van der Waals surface area contributed by atoms with Gasteiger partial charge < -0.3 is 10.4 Å². The van der Waals surface area contributed by atoms with Crippen molar-refractivity contribution in [3.8, 4) is 5.75 Å². The Morgan fingerprint density at radius 1 is 1.50 bits per heavy atom. The molecule has 2 atom stereocenters. The number of anilines is 1. The van der Waals surface area contributed by atoms with Crippen LogP contribution in [0.4, 0.5) is 5.69 Å². The molecule has 0 aromatic heterocycles. The normalized spacial score (nSPS) is 33.6. The molecule has 2 aliphatic rings. The molecule has 0 spiro atoms. The first-order valence-corrected chi connectivity index (χ1v) is 5.03. The number of hydrogen-bond acceptors (Lipinski definition) is 3. The number of rotatable bonds is 0. The van der Waals surface area contributed by atoms with Crippen LogP contribution in [0.15, 0.2) is 18.2 Å². The predicted molar refractivity (Wildman–Crippen MR) is 55.5 cm³/mol. The van der Waals surface area contributed by atoms with Gasteiger partial charge in [0.1, 0.15) is 5.75 Å². The molecular weight excluding hydrogens is 176 g/mol. The molecule has 0 bridgehead atoms. The van der Waals surface area contributed by atoms with Gasteiger partial charge in [0.2, 0.25) is 0 Å². The second-order valence-electron chi connectivity index (χ2n) is 4.43. The van der Waals surface area contributed by atoms with Crippen molar-refractivity contribution in [2.75, 3.05) is 11.9 Å². The fraction of sp³-hybridized carbons (Fsp3) is 0.455. The van der Waals surface area contributed by atoms with Gasteiger partial charge in [-0.25, -0.2) is 0 Å². The van der Waals surface area contributed by atoms with Gasteiger partial charge in [-0.2, -0.15) is 0 Å². The lowest BCUT2D eigenvalue weighted by Gasteiger charge is -2.23. The average Bonchev–Trinajstić information content (AvgIpc) is 2.62. The molecule has 1 saturated heterocycles. The van der Waals surface area contributed by atoms with Crippen LogP contribution in [0.25, 0.3) is 0 Å². The van der Waals surface area contributed by atoms with Gasteiger partial charge in [0, 0.05) is 11.1 Å². The molecule has 2 unspecified atom stereocenters. The summed E-state index contributed by atoms with van der Waals surface area (Å²) >= 11 is 0. The van der Waals surface area contributed by atoms with Crippen molar-refractivity contribution >= 4 is 5.69 Å². The molecule has 3 heteroatoms. The van der Waals surface area contributed by atoms with Crippen LogP contribution >= 0.6 is 0 Å². The smallest absolute Gasteiger partial charge is 0.116 e. The van der Waals surface area contributed by atoms with Crippen molar-refractivity contribution < 1.29 is 5.11 Å². The topological polar surface area (TPSA) is 44.3 Å². The van der Waals surface area contributed by atoms with Gasteiger partial charge in [0.25, 0.3) is 0 Å². The zero-order valence-electron chi connectivity index (χ0n) is 8.17. The van der Waals surface area contributed by atoms with E-state index in [0.29, 0.717) is 11.9 Å². The fourth-order valence-corrected chi connectivity index (χ4v) is 2.63. The van der Waals surface area contributed by atoms with Gasteiger partial charge in [-0.15, -0.1) is 0 Å². The lowest BCUT2D eigenvalue weighted by Crippen LogP contribution is -2.38. The van der Waals surface area contributed by atoms with Crippen LogP contribution in [0.1, 0.15) is 18.9 Å². The van der Waals surface area contributed by atoms with Crippen molar-refractivity contribution in [3.63, 3.8) is 0 Å². The number of aromatic hydroxyl groups is 1. The van der Waals surface area contributed by atoms with E-state index in [-0.39, 0.29) is 5.41 Å². The molecule has 74 valence electrons. The highest BCUT2D eigenvalue weighted by Gasteiger charge is 2.46. The molecule has 14 heavy (non-hydrogen) atoms. The van der Waals surface area contributed by atoms with Crippen LogP contribution in [0, 0.1) is 0 Å². The maximum Gasteiger partial charge on any atom is 0.116 e. The van der Waals surface area contributed by atoms with E-state index in [0.717, 1.165) is 18.7 Å². The molecule has 1 aromatic carbocycles. The number of fused-ring (bicyclic) bond motifs is 3. The number of phenolic OH excluding ortho intramolecular Hbond substituents is 1. The van der Waals surface area contributed by atoms with E-state index in [2.05, 4.69) is 17.6 Å². The van der Waals surface area contributed by atoms with E-state index >= 15 is 0 Å². The highest BCUT2D eigenvalue weighted by molar-refractivity contribution is 5.64. The summed E-state index contributed by atoms with van der Waals surface area (Å²) < 4.78 is 0. The van der Waals surface area contributed by atoms with Crippen molar-refractivity contribution in [1.29, 1.82) is 0 Å². The van der Waals surface area contributed by atoms with Gasteiger partial charge in [0.05, 0.1) is 6.17 Å². The summed E-state index contributed by atoms with van der Waals surface area (Å²) in [4.78, 5) is 0. The molecular formula is C11H14N2O. The largest absolute Gasteiger partial charge is 0.508 e. The van der Waals surface area contributed by atoms with Crippen LogP contribution < -0.4 is 10.6 Å². The molecule has 3 nitrogen and oxygen atoms in total. The van der Waals surface area contributed by atoms with Crippen LogP contribution in [-0.2, 0) is 5.41 Å². The minimum Gasteiger partial charge on any atom is -0.508 e. The monoisotopic (exact) mass is 190 g/mol. The average molecular weight is 190 g/mol. The Hall–Kier alpha value is -1.22. The summed E-state index contributed by atoms with van der Waals surface area (Å²) in [5.41, 5.74) is 2.55. The van der Waals surface area contributed by atoms with Gasteiger partial charge in [-0.05, 0) is 36.7 Å². The van der Waals surface area contributed by atoms with E-state index in [1.165, 1.54) is 5.56 Å². The predicted octanol–water partition coefficient (Wildman–Crippen LogP) is 1.39. The summed E-state index contributed by atoms with van der Waals surface area (Å²) in [6.45, 7) is 3.29. The highest BCUT2D eigenvalue weighted by Crippen LogP contribution is 2.45. The van der Waals surface area contributed by atoms with E-state index < -0.39 is 0 Å². The maximum atomic E-state index is 9.48. The first-order valence-electron chi connectivity index (χ1n) is 5.03. The van der Waals surface area contributed by atoms with Gasteiger partial charge in [-0.3, -0.25) is 5.32 Å². The maximum absolute atomic E-state index is 9.48. The molecule has 2 heterocycles. The van der Waals surface area contributed by atoms with Crippen molar-refractivity contribution in [1.82, 2.24) is 5.32 Å². The van der Waals surface area contributed by atoms with Crippen LogP contribution in [0.2, 0.25) is 0 Å². The van der Waals surface area contributed by atoms with Crippen molar-refractivity contribution in [2.24, 2.45) is 0 Å². The lowest BCUT2D eigenvalue weighted by atomic mass is 9.81. The zero-order valence-corrected chi connectivity index (χ0v) is 8.17. The second kappa shape index (κ2) is 2.42. The Bertz CT molecular complexity index is 391. The van der Waals surface area contributed by atoms with Crippen LogP contribution in [0.3, 0.4) is 0 Å². The number of hydrogen-bond donors (Lipinski definition) is 3. The summed E-state index contributed by atoms with van der Waals surface area (Å²) in [7, 11) is 0. The first-order chi connectivity index (χ1) is 6.70. The standard InChI is InChI=1S/C11H14N2O/c1-11-4-5-12-10(11)13-9-3-2-7(14)6-8(9)11/h2-3,6,10,12-14H,4-5H2,1H3.